The summed E-state index contributed by atoms with van der Waals surface area (Å²) < 4.78 is 29.4. The van der Waals surface area contributed by atoms with Crippen molar-refractivity contribution in [1.29, 1.82) is 0 Å². The van der Waals surface area contributed by atoms with Crippen LogP contribution in [0.4, 0.5) is 4.39 Å². The summed E-state index contributed by atoms with van der Waals surface area (Å²) in [6.07, 6.45) is 1.14. The van der Waals surface area contributed by atoms with Gasteiger partial charge in [0.2, 0.25) is 5.82 Å². The first kappa shape index (κ1) is 18.2. The van der Waals surface area contributed by atoms with Gasteiger partial charge in [0.25, 0.3) is 0 Å². The number of rotatable bonds is 4. The van der Waals surface area contributed by atoms with Crippen molar-refractivity contribution in [2.75, 3.05) is 7.11 Å². The molecule has 0 spiro atoms. The van der Waals surface area contributed by atoms with Gasteiger partial charge in [0, 0.05) is 13.0 Å². The smallest absolute Gasteiger partial charge is 0.412 e. The largest absolute Gasteiger partial charge is 0.497 e. The van der Waals surface area contributed by atoms with Crippen molar-refractivity contribution >= 4 is 12.2 Å². The highest BCUT2D eigenvalue weighted by molar-refractivity contribution is 5.75. The van der Waals surface area contributed by atoms with Gasteiger partial charge < -0.3 is 9.47 Å². The highest BCUT2D eigenvalue weighted by atomic mass is 19.1. The number of ether oxygens (including phenoxy) is 2. The van der Waals surface area contributed by atoms with Crippen LogP contribution in [-0.2, 0) is 18.3 Å². The lowest BCUT2D eigenvalue weighted by atomic mass is 10.2. The summed E-state index contributed by atoms with van der Waals surface area (Å²) in [6.45, 7) is 1.62. The first-order valence-corrected chi connectivity index (χ1v) is 7.50. The van der Waals surface area contributed by atoms with E-state index in [1.807, 2.05) is 0 Å². The van der Waals surface area contributed by atoms with Gasteiger partial charge in [-0.25, -0.2) is 9.46 Å². The van der Waals surface area contributed by atoms with E-state index in [1.165, 1.54) is 26.4 Å². The molecule has 6 nitrogen and oxygen atoms in total. The van der Waals surface area contributed by atoms with E-state index in [1.54, 1.807) is 31.2 Å². The van der Waals surface area contributed by atoms with Crippen LogP contribution >= 0.6 is 0 Å². The van der Waals surface area contributed by atoms with Crippen molar-refractivity contribution in [2.45, 2.75) is 13.3 Å². The third kappa shape index (κ3) is 4.65. The Balaban J connectivity index is 2.28. The molecule has 0 unspecified atom stereocenters. The molecule has 0 atom stereocenters. The van der Waals surface area contributed by atoms with Crippen molar-refractivity contribution in [3.05, 3.63) is 63.6 Å². The molecule has 0 aliphatic rings. The van der Waals surface area contributed by atoms with Gasteiger partial charge in [0.1, 0.15) is 11.5 Å². The minimum absolute atomic E-state index is 0.109. The van der Waals surface area contributed by atoms with Crippen LogP contribution in [0.2, 0.25) is 0 Å². The molecule has 2 aromatic rings. The van der Waals surface area contributed by atoms with Crippen molar-refractivity contribution in [2.24, 2.45) is 7.05 Å². The summed E-state index contributed by atoms with van der Waals surface area (Å²) in [7, 11) is 2.94. The SMILES string of the molecule is CC=[N+]=c1c(F)cc(CC(=O)Oc2ccc(OC)cc2)cc(=O)n1C. The summed E-state index contributed by atoms with van der Waals surface area (Å²) >= 11 is 0. The molecule has 0 aliphatic carbocycles. The minimum atomic E-state index is -0.699. The van der Waals surface area contributed by atoms with Gasteiger partial charge in [0.15, 0.2) is 6.21 Å². The number of benzene rings is 1. The van der Waals surface area contributed by atoms with Crippen LogP contribution in [0, 0.1) is 5.82 Å². The zero-order valence-electron chi connectivity index (χ0n) is 14.2. The van der Waals surface area contributed by atoms with Gasteiger partial charge in [-0.05, 0) is 35.9 Å². The topological polar surface area (TPSA) is 71.6 Å². The molecule has 0 saturated carbocycles. The number of halogens is 1. The maximum atomic E-state index is 14.2. The number of carbonyl (C=O) groups excluding carboxylic acids is 1. The van der Waals surface area contributed by atoms with E-state index in [0.717, 1.165) is 10.6 Å². The highest BCUT2D eigenvalue weighted by Crippen LogP contribution is 2.17. The summed E-state index contributed by atoms with van der Waals surface area (Å²) in [5.74, 6) is -0.353. The number of aromatic nitrogens is 1. The molecule has 0 radical (unpaired) electrons. The molecule has 0 fully saturated rings. The fourth-order valence-corrected chi connectivity index (χ4v) is 2.14. The molecule has 0 bridgehead atoms. The van der Waals surface area contributed by atoms with Crippen LogP contribution in [-0.4, -0.2) is 23.9 Å². The summed E-state index contributed by atoms with van der Waals surface area (Å²) in [6, 6.07) is 8.75. The molecule has 1 aromatic carbocycles. The van der Waals surface area contributed by atoms with Gasteiger partial charge in [-0.2, -0.15) is 8.96 Å². The van der Waals surface area contributed by atoms with Gasteiger partial charge in [-0.1, -0.05) is 0 Å². The standard InChI is InChI=1S/C18H18FN2O4/c1-4-20-18-15(19)9-12(10-16(22)21(18)2)11-17(23)25-14-7-5-13(24-3)6-8-14/h4-10H,11H2,1-3H3/q+1. The van der Waals surface area contributed by atoms with Crippen LogP contribution in [0.3, 0.4) is 0 Å². The quantitative estimate of drug-likeness (QED) is 0.355. The first-order chi connectivity index (χ1) is 11.9. The number of methoxy groups -OCH3 is 1. The third-order valence-electron chi connectivity index (χ3n) is 3.37. The Hall–Kier alpha value is -3.18. The average molecular weight is 345 g/mol. The van der Waals surface area contributed by atoms with Crippen LogP contribution < -0.4 is 25.2 Å². The second-order valence-corrected chi connectivity index (χ2v) is 5.15. The van der Waals surface area contributed by atoms with E-state index in [9.17, 15) is 14.0 Å². The Morgan fingerprint density at radius 2 is 1.88 bits per heavy atom. The lowest BCUT2D eigenvalue weighted by Gasteiger charge is -2.04. The second-order valence-electron chi connectivity index (χ2n) is 5.15. The zero-order chi connectivity index (χ0) is 18.4. The predicted molar refractivity (Wildman–Crippen MR) is 91.0 cm³/mol. The second kappa shape index (κ2) is 8.08. The van der Waals surface area contributed by atoms with Crippen LogP contribution in [0.5, 0.6) is 11.5 Å². The highest BCUT2D eigenvalue weighted by Gasteiger charge is 2.13. The van der Waals surface area contributed by atoms with E-state index in [0.29, 0.717) is 11.5 Å². The molecule has 130 valence electrons. The van der Waals surface area contributed by atoms with Crippen molar-refractivity contribution in [3.63, 3.8) is 0 Å². The predicted octanol–water partition coefficient (Wildman–Crippen LogP) is 0.740. The van der Waals surface area contributed by atoms with E-state index < -0.39 is 17.3 Å². The van der Waals surface area contributed by atoms with Gasteiger partial charge in [-0.15, -0.1) is 0 Å². The number of hydrogen-bond acceptors (Lipinski definition) is 4. The zero-order valence-corrected chi connectivity index (χ0v) is 14.2. The summed E-state index contributed by atoms with van der Waals surface area (Å²) in [5.41, 5.74) is -0.381. The van der Waals surface area contributed by atoms with Gasteiger partial charge >= 0.3 is 17.0 Å². The lowest BCUT2D eigenvalue weighted by molar-refractivity contribution is -0.133. The Kier molecular flexibility index (Phi) is 5.87. The minimum Gasteiger partial charge on any atom is -0.497 e. The molecule has 0 saturated heterocycles. The van der Waals surface area contributed by atoms with Gasteiger partial charge in [-0.3, -0.25) is 4.79 Å². The third-order valence-corrected chi connectivity index (χ3v) is 3.37. The molecular weight excluding hydrogens is 327 g/mol. The summed E-state index contributed by atoms with van der Waals surface area (Å²) in [5, 5.41) is 0. The van der Waals surface area contributed by atoms with E-state index in [-0.39, 0.29) is 17.5 Å². The number of esters is 1. The average Bonchev–Trinajstić information content (AvgIpc) is 2.67. The number of hydrogen-bond donors (Lipinski definition) is 0. The van der Waals surface area contributed by atoms with E-state index in [4.69, 9.17) is 9.47 Å². The molecule has 2 rings (SSSR count). The molecule has 0 aliphatic heterocycles. The molecule has 1 aromatic heterocycles. The molecular formula is C18H18FN2O4+. The number of carbonyl (C=O) groups is 1. The Morgan fingerprint density at radius 3 is 2.48 bits per heavy atom. The first-order valence-electron chi connectivity index (χ1n) is 7.50. The van der Waals surface area contributed by atoms with Gasteiger partial charge in [0.05, 0.1) is 20.6 Å². The fraction of sp³-hybridized carbons (Fsp3) is 0.222. The maximum absolute atomic E-state index is 14.2. The van der Waals surface area contributed by atoms with Crippen LogP contribution in [0.25, 0.3) is 0 Å². The van der Waals surface area contributed by atoms with Crippen molar-refractivity contribution in [1.82, 2.24) is 9.24 Å². The van der Waals surface area contributed by atoms with Crippen molar-refractivity contribution in [3.8, 4) is 11.5 Å². The van der Waals surface area contributed by atoms with Crippen LogP contribution in [0.15, 0.2) is 41.2 Å². The monoisotopic (exact) mass is 345 g/mol. The van der Waals surface area contributed by atoms with E-state index in [2.05, 4.69) is 4.67 Å². The van der Waals surface area contributed by atoms with E-state index >= 15 is 0 Å². The summed E-state index contributed by atoms with van der Waals surface area (Å²) in [4.78, 5) is 24.1. The molecule has 1 heterocycles. The molecule has 0 N–H and O–H groups in total. The Bertz CT molecular complexity index is 943. The Morgan fingerprint density at radius 1 is 1.24 bits per heavy atom. The number of nitrogens with zero attached hydrogens (tertiary/aromatic N) is 2. The molecule has 25 heavy (non-hydrogen) atoms. The molecule has 0 amide bonds. The van der Waals surface area contributed by atoms with Crippen LogP contribution in [0.1, 0.15) is 12.5 Å². The normalized spacial score (nSPS) is 9.92. The fourth-order valence-electron chi connectivity index (χ4n) is 2.14. The van der Waals surface area contributed by atoms with Crippen molar-refractivity contribution < 1.29 is 18.7 Å². The Labute approximate surface area is 143 Å². The lowest BCUT2D eigenvalue weighted by Crippen LogP contribution is -2.31. The maximum Gasteiger partial charge on any atom is 0.412 e. The molecule has 7 heteroatoms.